The number of hydrogen-bond acceptors (Lipinski definition) is 6. The van der Waals surface area contributed by atoms with Crippen LogP contribution in [0.2, 0.25) is 0 Å². The maximum absolute atomic E-state index is 12.6. The average Bonchev–Trinajstić information content (AvgIpc) is 3.14. The lowest BCUT2D eigenvalue weighted by Crippen LogP contribution is -2.44. The molecule has 0 N–H and O–H groups in total. The molecule has 7 nitrogen and oxygen atoms in total. The molecule has 1 amide bonds. The molecule has 8 heteroatoms. The molecule has 2 heterocycles. The number of likely N-dealkylation sites (tertiary alicyclic amines) is 1. The standard InChI is InChI=1S/C17H23N5O2S/c1-3-13-6-4-5-11-21(13)16(23)12-25-17-18-19-20-22(17)14-7-9-15(24-2)10-8-14/h7-10,13H,3-6,11-12H2,1-2H3. The first-order chi connectivity index (χ1) is 12.2. The summed E-state index contributed by atoms with van der Waals surface area (Å²) < 4.78 is 6.81. The van der Waals surface area contributed by atoms with E-state index in [1.54, 1.807) is 11.8 Å². The van der Waals surface area contributed by atoms with E-state index in [2.05, 4.69) is 22.4 Å². The first-order valence-electron chi connectivity index (χ1n) is 8.58. The van der Waals surface area contributed by atoms with Crippen LogP contribution in [0.1, 0.15) is 32.6 Å². The fraction of sp³-hybridized carbons (Fsp3) is 0.529. The van der Waals surface area contributed by atoms with E-state index in [1.165, 1.54) is 18.2 Å². The molecule has 1 saturated heterocycles. The van der Waals surface area contributed by atoms with Gasteiger partial charge in [0.1, 0.15) is 5.75 Å². The number of methoxy groups -OCH3 is 1. The fourth-order valence-electron chi connectivity index (χ4n) is 3.12. The number of rotatable bonds is 6. The Hall–Kier alpha value is -2.09. The highest BCUT2D eigenvalue weighted by molar-refractivity contribution is 7.99. The van der Waals surface area contributed by atoms with Crippen molar-refractivity contribution in [1.82, 2.24) is 25.1 Å². The summed E-state index contributed by atoms with van der Waals surface area (Å²) in [5.41, 5.74) is 0.838. The lowest BCUT2D eigenvalue weighted by atomic mass is 10.0. The predicted molar refractivity (Wildman–Crippen MR) is 96.1 cm³/mol. The van der Waals surface area contributed by atoms with E-state index in [0.29, 0.717) is 17.0 Å². The van der Waals surface area contributed by atoms with Gasteiger partial charge in [-0.2, -0.15) is 4.68 Å². The van der Waals surface area contributed by atoms with E-state index in [1.807, 2.05) is 29.2 Å². The first-order valence-corrected chi connectivity index (χ1v) is 9.56. The Balaban J connectivity index is 1.65. The molecule has 1 aliphatic rings. The van der Waals surface area contributed by atoms with E-state index in [-0.39, 0.29) is 5.91 Å². The first kappa shape index (κ1) is 17.7. The Morgan fingerprint density at radius 3 is 2.84 bits per heavy atom. The Labute approximate surface area is 151 Å². The quantitative estimate of drug-likeness (QED) is 0.736. The molecule has 3 rings (SSSR count). The molecule has 1 aliphatic heterocycles. The van der Waals surface area contributed by atoms with Crippen molar-refractivity contribution in [1.29, 1.82) is 0 Å². The van der Waals surface area contributed by atoms with Crippen LogP contribution in [0.3, 0.4) is 0 Å². The van der Waals surface area contributed by atoms with Crippen LogP contribution in [0.15, 0.2) is 29.4 Å². The topological polar surface area (TPSA) is 73.1 Å². The molecule has 1 atom stereocenters. The number of carbonyl (C=O) groups is 1. The number of carbonyl (C=O) groups excluding carboxylic acids is 1. The number of benzene rings is 1. The van der Waals surface area contributed by atoms with Crippen LogP contribution in [0.25, 0.3) is 5.69 Å². The summed E-state index contributed by atoms with van der Waals surface area (Å²) in [4.78, 5) is 14.6. The molecule has 25 heavy (non-hydrogen) atoms. The summed E-state index contributed by atoms with van der Waals surface area (Å²) in [6, 6.07) is 7.86. The fourth-order valence-corrected chi connectivity index (χ4v) is 3.89. The minimum atomic E-state index is 0.167. The van der Waals surface area contributed by atoms with E-state index in [9.17, 15) is 4.79 Å². The number of piperidine rings is 1. The second-order valence-electron chi connectivity index (χ2n) is 6.00. The highest BCUT2D eigenvalue weighted by Crippen LogP contribution is 2.24. The van der Waals surface area contributed by atoms with Gasteiger partial charge in [0.15, 0.2) is 0 Å². The number of tetrazole rings is 1. The third-order valence-corrected chi connectivity index (χ3v) is 5.41. The van der Waals surface area contributed by atoms with Crippen molar-refractivity contribution in [2.24, 2.45) is 0 Å². The Kier molecular flexibility index (Phi) is 5.91. The van der Waals surface area contributed by atoms with E-state index in [0.717, 1.165) is 37.2 Å². The van der Waals surface area contributed by atoms with Crippen LogP contribution in [0.4, 0.5) is 0 Å². The summed E-state index contributed by atoms with van der Waals surface area (Å²) in [7, 11) is 1.63. The lowest BCUT2D eigenvalue weighted by Gasteiger charge is -2.35. The smallest absolute Gasteiger partial charge is 0.233 e. The van der Waals surface area contributed by atoms with E-state index in [4.69, 9.17) is 4.74 Å². The Bertz CT molecular complexity index is 703. The van der Waals surface area contributed by atoms with Crippen molar-refractivity contribution in [2.75, 3.05) is 19.4 Å². The maximum atomic E-state index is 12.6. The van der Waals surface area contributed by atoms with Crippen LogP contribution < -0.4 is 4.74 Å². The van der Waals surface area contributed by atoms with Crippen molar-refractivity contribution >= 4 is 17.7 Å². The molecule has 1 unspecified atom stereocenters. The van der Waals surface area contributed by atoms with E-state index < -0.39 is 0 Å². The van der Waals surface area contributed by atoms with Gasteiger partial charge in [-0.05, 0) is 60.4 Å². The van der Waals surface area contributed by atoms with Crippen LogP contribution in [0.5, 0.6) is 5.75 Å². The third kappa shape index (κ3) is 4.12. The number of hydrogen-bond donors (Lipinski definition) is 0. The highest BCUT2D eigenvalue weighted by atomic mass is 32.2. The number of ether oxygens (including phenoxy) is 1. The molecule has 134 valence electrons. The summed E-state index contributed by atoms with van der Waals surface area (Å²) in [6.45, 7) is 3.01. The second-order valence-corrected chi connectivity index (χ2v) is 6.95. The molecule has 1 aromatic heterocycles. The molecule has 1 aromatic carbocycles. The maximum Gasteiger partial charge on any atom is 0.233 e. The summed E-state index contributed by atoms with van der Waals surface area (Å²) in [6.07, 6.45) is 4.43. The van der Waals surface area contributed by atoms with Gasteiger partial charge in [-0.25, -0.2) is 0 Å². The van der Waals surface area contributed by atoms with Crippen LogP contribution >= 0.6 is 11.8 Å². The number of thioether (sulfide) groups is 1. The van der Waals surface area contributed by atoms with Crippen LogP contribution in [-0.4, -0.2) is 56.5 Å². The Morgan fingerprint density at radius 1 is 1.32 bits per heavy atom. The Morgan fingerprint density at radius 2 is 2.12 bits per heavy atom. The minimum Gasteiger partial charge on any atom is -0.497 e. The zero-order chi connectivity index (χ0) is 17.6. The summed E-state index contributed by atoms with van der Waals surface area (Å²) in [5, 5.41) is 12.4. The van der Waals surface area contributed by atoms with Gasteiger partial charge in [0.25, 0.3) is 0 Å². The van der Waals surface area contributed by atoms with Crippen LogP contribution in [-0.2, 0) is 4.79 Å². The highest BCUT2D eigenvalue weighted by Gasteiger charge is 2.25. The van der Waals surface area contributed by atoms with Crippen molar-refractivity contribution in [3.05, 3.63) is 24.3 Å². The predicted octanol–water partition coefficient (Wildman–Crippen LogP) is 2.55. The van der Waals surface area contributed by atoms with Crippen molar-refractivity contribution < 1.29 is 9.53 Å². The molecule has 0 aliphatic carbocycles. The third-order valence-electron chi connectivity index (χ3n) is 4.50. The van der Waals surface area contributed by atoms with Crippen molar-refractivity contribution in [3.63, 3.8) is 0 Å². The van der Waals surface area contributed by atoms with Gasteiger partial charge in [-0.1, -0.05) is 18.7 Å². The second kappa shape index (κ2) is 8.33. The lowest BCUT2D eigenvalue weighted by molar-refractivity contribution is -0.132. The number of amides is 1. The summed E-state index contributed by atoms with van der Waals surface area (Å²) >= 11 is 1.38. The molecule has 0 bridgehead atoms. The average molecular weight is 361 g/mol. The number of nitrogens with zero attached hydrogens (tertiary/aromatic N) is 5. The molecule has 2 aromatic rings. The SMILES string of the molecule is CCC1CCCCN1C(=O)CSc1nnnn1-c1ccc(OC)cc1. The van der Waals surface area contributed by atoms with Crippen molar-refractivity contribution in [3.8, 4) is 11.4 Å². The summed E-state index contributed by atoms with van der Waals surface area (Å²) in [5.74, 6) is 1.30. The van der Waals surface area contributed by atoms with E-state index >= 15 is 0 Å². The van der Waals surface area contributed by atoms with Gasteiger partial charge in [-0.3, -0.25) is 4.79 Å². The normalized spacial score (nSPS) is 17.5. The van der Waals surface area contributed by atoms with Gasteiger partial charge in [0.2, 0.25) is 11.1 Å². The van der Waals surface area contributed by atoms with Gasteiger partial charge in [0, 0.05) is 12.6 Å². The molecular formula is C17H23N5O2S. The monoisotopic (exact) mass is 361 g/mol. The van der Waals surface area contributed by atoms with Crippen molar-refractivity contribution in [2.45, 2.75) is 43.8 Å². The van der Waals surface area contributed by atoms with Gasteiger partial charge in [-0.15, -0.1) is 5.10 Å². The molecule has 0 radical (unpaired) electrons. The van der Waals surface area contributed by atoms with Gasteiger partial charge >= 0.3 is 0 Å². The zero-order valence-electron chi connectivity index (χ0n) is 14.6. The number of aromatic nitrogens is 4. The largest absolute Gasteiger partial charge is 0.497 e. The minimum absolute atomic E-state index is 0.167. The van der Waals surface area contributed by atoms with Gasteiger partial charge < -0.3 is 9.64 Å². The molecule has 0 saturated carbocycles. The van der Waals surface area contributed by atoms with Crippen LogP contribution in [0, 0.1) is 0 Å². The molecule has 1 fully saturated rings. The molecular weight excluding hydrogens is 338 g/mol. The van der Waals surface area contributed by atoms with Gasteiger partial charge in [0.05, 0.1) is 18.6 Å². The molecule has 0 spiro atoms. The zero-order valence-corrected chi connectivity index (χ0v) is 15.4.